The van der Waals surface area contributed by atoms with Crippen LogP contribution in [0.4, 0.5) is 0 Å². The highest BCUT2D eigenvalue weighted by molar-refractivity contribution is 5.91. The summed E-state index contributed by atoms with van der Waals surface area (Å²) in [6.45, 7) is 2.35. The molecular formula is C7H9N3O2. The third-order valence-corrected chi connectivity index (χ3v) is 1.24. The maximum Gasteiger partial charge on any atom is 0.271 e. The van der Waals surface area contributed by atoms with Gasteiger partial charge in [0.25, 0.3) is 11.5 Å². The first kappa shape index (κ1) is 8.45. The van der Waals surface area contributed by atoms with Gasteiger partial charge in [-0.2, -0.15) is 0 Å². The van der Waals surface area contributed by atoms with Crippen molar-refractivity contribution in [1.29, 1.82) is 0 Å². The van der Waals surface area contributed by atoms with E-state index in [0.29, 0.717) is 6.54 Å². The molecule has 5 heteroatoms. The van der Waals surface area contributed by atoms with Crippen LogP contribution in [0.15, 0.2) is 17.2 Å². The molecule has 12 heavy (non-hydrogen) atoms. The molecule has 0 saturated heterocycles. The minimum atomic E-state index is -0.317. The van der Waals surface area contributed by atoms with Crippen molar-refractivity contribution in [3.63, 3.8) is 0 Å². The van der Waals surface area contributed by atoms with Crippen LogP contribution in [0, 0.1) is 0 Å². The lowest BCUT2D eigenvalue weighted by Gasteiger charge is -1.98. The van der Waals surface area contributed by atoms with Gasteiger partial charge in [0.15, 0.2) is 0 Å². The molecule has 1 rings (SSSR count). The van der Waals surface area contributed by atoms with Crippen LogP contribution in [0.2, 0.25) is 0 Å². The van der Waals surface area contributed by atoms with Gasteiger partial charge in [0.05, 0.1) is 6.20 Å². The van der Waals surface area contributed by atoms with Crippen LogP contribution in [0.25, 0.3) is 0 Å². The highest BCUT2D eigenvalue weighted by Gasteiger charge is 2.03. The van der Waals surface area contributed by atoms with Gasteiger partial charge < -0.3 is 10.3 Å². The summed E-state index contributed by atoms with van der Waals surface area (Å²) in [7, 11) is 0. The van der Waals surface area contributed by atoms with Crippen LogP contribution < -0.4 is 10.9 Å². The van der Waals surface area contributed by atoms with Gasteiger partial charge in [0.2, 0.25) is 0 Å². The number of H-pyrrole nitrogens is 1. The van der Waals surface area contributed by atoms with E-state index in [-0.39, 0.29) is 17.2 Å². The Morgan fingerprint density at radius 1 is 1.75 bits per heavy atom. The molecule has 64 valence electrons. The van der Waals surface area contributed by atoms with Crippen LogP contribution in [0.3, 0.4) is 0 Å². The molecule has 2 N–H and O–H groups in total. The van der Waals surface area contributed by atoms with Crippen molar-refractivity contribution in [3.05, 3.63) is 28.4 Å². The summed E-state index contributed by atoms with van der Waals surface area (Å²) in [5.74, 6) is -0.284. The van der Waals surface area contributed by atoms with E-state index in [4.69, 9.17) is 0 Å². The van der Waals surface area contributed by atoms with E-state index in [9.17, 15) is 9.59 Å². The third-order valence-electron chi connectivity index (χ3n) is 1.24. The van der Waals surface area contributed by atoms with E-state index in [2.05, 4.69) is 15.3 Å². The smallest absolute Gasteiger partial charge is 0.271 e. The predicted molar refractivity (Wildman–Crippen MR) is 42.9 cm³/mol. The number of nitrogens with one attached hydrogen (secondary N) is 2. The topological polar surface area (TPSA) is 74.8 Å². The number of aromatic amines is 1. The maximum atomic E-state index is 11.1. The van der Waals surface area contributed by atoms with Crippen molar-refractivity contribution in [2.45, 2.75) is 6.92 Å². The second-order valence-electron chi connectivity index (χ2n) is 2.16. The Balaban J connectivity index is 2.82. The zero-order valence-corrected chi connectivity index (χ0v) is 6.63. The highest BCUT2D eigenvalue weighted by Crippen LogP contribution is 1.85. The van der Waals surface area contributed by atoms with E-state index < -0.39 is 0 Å². The molecule has 0 aliphatic heterocycles. The minimum absolute atomic E-state index is 0.219. The molecule has 1 aromatic rings. The molecule has 0 aliphatic rings. The van der Waals surface area contributed by atoms with Crippen molar-refractivity contribution < 1.29 is 4.79 Å². The fourth-order valence-electron chi connectivity index (χ4n) is 0.717. The second-order valence-corrected chi connectivity index (χ2v) is 2.16. The van der Waals surface area contributed by atoms with Gasteiger partial charge in [0, 0.05) is 12.7 Å². The third kappa shape index (κ3) is 1.91. The summed E-state index contributed by atoms with van der Waals surface area (Å²) in [4.78, 5) is 27.6. The zero-order valence-electron chi connectivity index (χ0n) is 6.63. The molecule has 0 aliphatic carbocycles. The Morgan fingerprint density at radius 3 is 3.00 bits per heavy atom. The van der Waals surface area contributed by atoms with Gasteiger partial charge in [-0.3, -0.25) is 9.59 Å². The Hall–Kier alpha value is -1.65. The standard InChI is InChI=1S/C7H9N3O2/c1-2-8-7(12)5-3-10-6(11)4-9-5/h3-4H,2H2,1H3,(H,8,12)(H,10,11). The summed E-state index contributed by atoms with van der Waals surface area (Å²) < 4.78 is 0. The van der Waals surface area contributed by atoms with Crippen LogP contribution in [-0.4, -0.2) is 22.4 Å². The first-order valence-electron chi connectivity index (χ1n) is 3.57. The summed E-state index contributed by atoms with van der Waals surface area (Å²) in [6.07, 6.45) is 2.36. The van der Waals surface area contributed by atoms with Gasteiger partial charge in [-0.1, -0.05) is 0 Å². The molecule has 5 nitrogen and oxygen atoms in total. The molecule has 0 aromatic carbocycles. The average Bonchev–Trinajstić information content (AvgIpc) is 2.06. The van der Waals surface area contributed by atoms with Gasteiger partial charge in [0.1, 0.15) is 5.69 Å². The summed E-state index contributed by atoms with van der Waals surface area (Å²) in [5, 5.41) is 2.56. The van der Waals surface area contributed by atoms with E-state index in [1.54, 1.807) is 0 Å². The Morgan fingerprint density at radius 2 is 2.50 bits per heavy atom. The quantitative estimate of drug-likeness (QED) is 0.624. The monoisotopic (exact) mass is 167 g/mol. The van der Waals surface area contributed by atoms with Crippen molar-refractivity contribution in [2.24, 2.45) is 0 Å². The lowest BCUT2D eigenvalue weighted by atomic mass is 10.4. The number of aromatic nitrogens is 2. The van der Waals surface area contributed by atoms with E-state index in [1.165, 1.54) is 6.20 Å². The fourth-order valence-corrected chi connectivity index (χ4v) is 0.717. The molecule has 0 spiro atoms. The zero-order chi connectivity index (χ0) is 8.97. The largest absolute Gasteiger partial charge is 0.351 e. The predicted octanol–water partition coefficient (Wildman–Crippen LogP) is -0.480. The van der Waals surface area contributed by atoms with Gasteiger partial charge in [-0.15, -0.1) is 0 Å². The molecule has 0 fully saturated rings. The number of carbonyl (C=O) groups excluding carboxylic acids is 1. The molecule has 1 heterocycles. The lowest BCUT2D eigenvalue weighted by molar-refractivity contribution is 0.0950. The van der Waals surface area contributed by atoms with E-state index in [1.807, 2.05) is 6.92 Å². The summed E-state index contributed by atoms with van der Waals surface area (Å²) >= 11 is 0. The molecule has 0 atom stereocenters. The second kappa shape index (κ2) is 3.66. The van der Waals surface area contributed by atoms with E-state index >= 15 is 0 Å². The maximum absolute atomic E-state index is 11.1. The van der Waals surface area contributed by atoms with Crippen molar-refractivity contribution in [1.82, 2.24) is 15.3 Å². The average molecular weight is 167 g/mol. The Bertz CT molecular complexity index is 311. The van der Waals surface area contributed by atoms with Crippen LogP contribution in [0.5, 0.6) is 0 Å². The van der Waals surface area contributed by atoms with Crippen LogP contribution in [0.1, 0.15) is 17.4 Å². The molecule has 0 unspecified atom stereocenters. The van der Waals surface area contributed by atoms with Crippen molar-refractivity contribution in [2.75, 3.05) is 6.54 Å². The molecule has 0 saturated carbocycles. The Labute approximate surface area is 68.8 Å². The minimum Gasteiger partial charge on any atom is -0.351 e. The molecule has 1 aromatic heterocycles. The number of nitrogens with zero attached hydrogens (tertiary/aromatic N) is 1. The lowest BCUT2D eigenvalue weighted by Crippen LogP contribution is -2.24. The number of rotatable bonds is 2. The molecule has 0 radical (unpaired) electrons. The molecular weight excluding hydrogens is 158 g/mol. The van der Waals surface area contributed by atoms with E-state index in [0.717, 1.165) is 6.20 Å². The molecule has 1 amide bonds. The summed E-state index contributed by atoms with van der Waals surface area (Å²) in [6, 6.07) is 0. The van der Waals surface area contributed by atoms with Crippen LogP contribution in [-0.2, 0) is 0 Å². The first-order chi connectivity index (χ1) is 5.74. The summed E-state index contributed by atoms with van der Waals surface area (Å²) in [5.41, 5.74) is -0.0977. The fraction of sp³-hybridized carbons (Fsp3) is 0.286. The van der Waals surface area contributed by atoms with Gasteiger partial charge in [-0.25, -0.2) is 4.98 Å². The number of amides is 1. The SMILES string of the molecule is CCNC(=O)c1c[nH]c(=O)cn1. The van der Waals surface area contributed by atoms with Crippen molar-refractivity contribution in [3.8, 4) is 0 Å². The number of hydrogen-bond donors (Lipinski definition) is 2. The van der Waals surface area contributed by atoms with Gasteiger partial charge >= 0.3 is 0 Å². The number of carbonyl (C=O) groups is 1. The highest BCUT2D eigenvalue weighted by atomic mass is 16.2. The molecule has 0 bridgehead atoms. The normalized spacial score (nSPS) is 9.42. The first-order valence-corrected chi connectivity index (χ1v) is 3.57. The Kier molecular flexibility index (Phi) is 2.57. The van der Waals surface area contributed by atoms with Crippen LogP contribution >= 0.6 is 0 Å². The number of hydrogen-bond acceptors (Lipinski definition) is 3. The van der Waals surface area contributed by atoms with Crippen molar-refractivity contribution >= 4 is 5.91 Å². The van der Waals surface area contributed by atoms with Gasteiger partial charge in [-0.05, 0) is 6.92 Å².